The van der Waals surface area contributed by atoms with E-state index in [9.17, 15) is 22.0 Å². The van der Waals surface area contributed by atoms with Crippen LogP contribution in [0.5, 0.6) is 0 Å². The Morgan fingerprint density at radius 1 is 1.24 bits per heavy atom. The van der Waals surface area contributed by atoms with Gasteiger partial charge in [-0.1, -0.05) is 15.9 Å². The van der Waals surface area contributed by atoms with E-state index < -0.39 is 26.3 Å². The number of halogens is 3. The number of rotatable bonds is 2. The van der Waals surface area contributed by atoms with Crippen LogP contribution in [0, 0.1) is 0 Å². The van der Waals surface area contributed by atoms with Gasteiger partial charge in [0.25, 0.3) is 0 Å². The summed E-state index contributed by atoms with van der Waals surface area (Å²) in [7, 11) is -4.73. The standard InChI is InChI=1S/C10H7BrF2O3S/c11-6-2-4-8(17(15,16)10(12)13)9-5(6)1-3-7(9)14/h2,4,10H,1,3H2. The predicted molar refractivity (Wildman–Crippen MR) is 60.0 cm³/mol. The molecule has 0 aliphatic heterocycles. The second-order valence-electron chi connectivity index (χ2n) is 3.63. The number of Topliss-reactive ketones (excluding diaryl/α,β-unsaturated/α-hetero) is 1. The molecule has 3 nitrogen and oxygen atoms in total. The van der Waals surface area contributed by atoms with Gasteiger partial charge in [-0.05, 0) is 24.1 Å². The third-order valence-electron chi connectivity index (χ3n) is 2.64. The first-order chi connectivity index (χ1) is 7.85. The first-order valence-electron chi connectivity index (χ1n) is 4.72. The normalized spacial score (nSPS) is 15.4. The molecule has 1 aromatic rings. The highest BCUT2D eigenvalue weighted by molar-refractivity contribution is 9.10. The summed E-state index contributed by atoms with van der Waals surface area (Å²) in [4.78, 5) is 11.0. The maximum atomic E-state index is 12.5. The molecule has 0 unspecified atom stereocenters. The van der Waals surface area contributed by atoms with Gasteiger partial charge >= 0.3 is 5.76 Å². The Kier molecular flexibility index (Phi) is 3.07. The van der Waals surface area contributed by atoms with Crippen molar-refractivity contribution in [2.24, 2.45) is 0 Å². The van der Waals surface area contributed by atoms with Crippen molar-refractivity contribution in [1.82, 2.24) is 0 Å². The topological polar surface area (TPSA) is 51.2 Å². The number of alkyl halides is 2. The molecular formula is C10H7BrF2O3S. The van der Waals surface area contributed by atoms with Crippen molar-refractivity contribution in [3.63, 3.8) is 0 Å². The molecule has 0 fully saturated rings. The maximum absolute atomic E-state index is 12.5. The van der Waals surface area contributed by atoms with Gasteiger partial charge in [0, 0.05) is 16.5 Å². The molecule has 0 saturated carbocycles. The fraction of sp³-hybridized carbons (Fsp3) is 0.300. The summed E-state index contributed by atoms with van der Waals surface area (Å²) in [5.74, 6) is -3.92. The average molecular weight is 325 g/mol. The highest BCUT2D eigenvalue weighted by Crippen LogP contribution is 2.35. The van der Waals surface area contributed by atoms with Crippen LogP contribution < -0.4 is 0 Å². The number of ketones is 1. The second-order valence-corrected chi connectivity index (χ2v) is 6.37. The molecule has 0 aromatic heterocycles. The van der Waals surface area contributed by atoms with Gasteiger partial charge in [-0.25, -0.2) is 8.42 Å². The van der Waals surface area contributed by atoms with E-state index in [1.165, 1.54) is 6.07 Å². The molecule has 0 N–H and O–H groups in total. The largest absolute Gasteiger partial charge is 0.341 e. The van der Waals surface area contributed by atoms with Crippen LogP contribution in [0.1, 0.15) is 22.3 Å². The van der Waals surface area contributed by atoms with E-state index in [0.717, 1.165) is 6.07 Å². The average Bonchev–Trinajstić information content (AvgIpc) is 2.62. The van der Waals surface area contributed by atoms with Gasteiger partial charge in [-0.2, -0.15) is 8.78 Å². The molecule has 1 aliphatic rings. The van der Waals surface area contributed by atoms with Gasteiger partial charge in [0.1, 0.15) is 0 Å². The summed E-state index contributed by atoms with van der Waals surface area (Å²) in [6, 6.07) is 2.43. The summed E-state index contributed by atoms with van der Waals surface area (Å²) in [6.07, 6.45) is 0.533. The van der Waals surface area contributed by atoms with E-state index in [1.807, 2.05) is 0 Å². The minimum absolute atomic E-state index is 0.0836. The lowest BCUT2D eigenvalue weighted by atomic mass is 10.1. The summed E-state index contributed by atoms with van der Waals surface area (Å²) in [6.45, 7) is 0. The van der Waals surface area contributed by atoms with Gasteiger partial charge in [-0.15, -0.1) is 0 Å². The van der Waals surface area contributed by atoms with Crippen LogP contribution in [0.3, 0.4) is 0 Å². The molecule has 0 atom stereocenters. The minimum Gasteiger partial charge on any atom is -0.294 e. The summed E-state index contributed by atoms with van der Waals surface area (Å²) >= 11 is 3.18. The SMILES string of the molecule is O=C1CCc2c(Br)ccc(S(=O)(=O)C(F)F)c21. The Balaban J connectivity index is 2.75. The van der Waals surface area contributed by atoms with E-state index in [4.69, 9.17) is 0 Å². The fourth-order valence-corrected chi connectivity index (χ4v) is 3.35. The van der Waals surface area contributed by atoms with Crippen molar-refractivity contribution in [3.8, 4) is 0 Å². The number of benzene rings is 1. The van der Waals surface area contributed by atoms with Crippen molar-refractivity contribution in [2.75, 3.05) is 0 Å². The highest BCUT2D eigenvalue weighted by Gasteiger charge is 2.35. The Labute approximate surface area is 105 Å². The summed E-state index contributed by atoms with van der Waals surface area (Å²) in [5, 5.41) is 0. The summed E-state index contributed by atoms with van der Waals surface area (Å²) < 4.78 is 48.4. The number of sulfone groups is 1. The van der Waals surface area contributed by atoms with Crippen LogP contribution in [0.2, 0.25) is 0 Å². The molecule has 7 heteroatoms. The van der Waals surface area contributed by atoms with Crippen LogP contribution in [0.4, 0.5) is 8.78 Å². The van der Waals surface area contributed by atoms with E-state index in [0.29, 0.717) is 16.5 Å². The Bertz CT molecular complexity index is 596. The van der Waals surface area contributed by atoms with Gasteiger partial charge in [0.15, 0.2) is 5.78 Å². The second kappa shape index (κ2) is 4.13. The quantitative estimate of drug-likeness (QED) is 0.840. The molecular weight excluding hydrogens is 318 g/mol. The number of hydrogen-bond acceptors (Lipinski definition) is 3. The molecule has 17 heavy (non-hydrogen) atoms. The van der Waals surface area contributed by atoms with Gasteiger partial charge in [0.05, 0.1) is 4.90 Å². The van der Waals surface area contributed by atoms with Gasteiger partial charge in [0.2, 0.25) is 9.84 Å². The van der Waals surface area contributed by atoms with Crippen molar-refractivity contribution in [1.29, 1.82) is 0 Å². The van der Waals surface area contributed by atoms with Crippen molar-refractivity contribution >= 4 is 31.6 Å². The molecule has 92 valence electrons. The molecule has 0 spiro atoms. The van der Waals surface area contributed by atoms with Gasteiger partial charge in [-0.3, -0.25) is 4.79 Å². The fourth-order valence-electron chi connectivity index (χ4n) is 1.85. The van der Waals surface area contributed by atoms with Crippen molar-refractivity contribution in [3.05, 3.63) is 27.7 Å². The smallest absolute Gasteiger partial charge is 0.294 e. The lowest BCUT2D eigenvalue weighted by molar-refractivity contribution is 0.0991. The van der Waals surface area contributed by atoms with Crippen LogP contribution in [0.25, 0.3) is 0 Å². The monoisotopic (exact) mass is 324 g/mol. The maximum Gasteiger partial charge on any atom is 0.341 e. The molecule has 1 aromatic carbocycles. The van der Waals surface area contributed by atoms with Crippen LogP contribution >= 0.6 is 15.9 Å². The zero-order chi connectivity index (χ0) is 12.8. The molecule has 1 aliphatic carbocycles. The Morgan fingerprint density at radius 2 is 1.88 bits per heavy atom. The zero-order valence-corrected chi connectivity index (χ0v) is 10.8. The first kappa shape index (κ1) is 12.6. The van der Waals surface area contributed by atoms with E-state index >= 15 is 0 Å². The van der Waals surface area contributed by atoms with Gasteiger partial charge < -0.3 is 0 Å². The minimum atomic E-state index is -4.73. The van der Waals surface area contributed by atoms with Crippen molar-refractivity contribution < 1.29 is 22.0 Å². The molecule has 0 radical (unpaired) electrons. The molecule has 0 bridgehead atoms. The van der Waals surface area contributed by atoms with E-state index in [-0.39, 0.29) is 12.0 Å². The number of carbonyl (C=O) groups excluding carboxylic acids is 1. The van der Waals surface area contributed by atoms with Crippen molar-refractivity contribution in [2.45, 2.75) is 23.5 Å². The molecule has 0 amide bonds. The molecule has 2 rings (SSSR count). The predicted octanol–water partition coefficient (Wildman–Crippen LogP) is 2.57. The number of carbonyl (C=O) groups is 1. The lowest BCUT2D eigenvalue weighted by Gasteiger charge is -2.09. The lowest BCUT2D eigenvalue weighted by Crippen LogP contribution is -2.15. The van der Waals surface area contributed by atoms with Crippen LogP contribution in [-0.4, -0.2) is 20.0 Å². The van der Waals surface area contributed by atoms with Crippen LogP contribution in [-0.2, 0) is 16.3 Å². The Morgan fingerprint density at radius 3 is 2.47 bits per heavy atom. The zero-order valence-electron chi connectivity index (χ0n) is 8.41. The number of fused-ring (bicyclic) bond motifs is 1. The third kappa shape index (κ3) is 1.91. The van der Waals surface area contributed by atoms with Crippen LogP contribution in [0.15, 0.2) is 21.5 Å². The van der Waals surface area contributed by atoms with E-state index in [1.54, 1.807) is 0 Å². The first-order valence-corrected chi connectivity index (χ1v) is 7.06. The highest BCUT2D eigenvalue weighted by atomic mass is 79.9. The van der Waals surface area contributed by atoms with E-state index in [2.05, 4.69) is 15.9 Å². The molecule has 0 saturated heterocycles. The number of hydrogen-bond donors (Lipinski definition) is 0. The summed E-state index contributed by atoms with van der Waals surface area (Å²) in [5.41, 5.74) is 0.413. The molecule has 0 heterocycles. The Hall–Kier alpha value is -0.820. The third-order valence-corrected chi connectivity index (χ3v) is 4.80.